The van der Waals surface area contributed by atoms with Crippen LogP contribution in [0.2, 0.25) is 5.02 Å². The maximum Gasteiger partial charge on any atom is 0.336 e. The van der Waals surface area contributed by atoms with Crippen molar-refractivity contribution in [3.05, 3.63) is 68.2 Å². The van der Waals surface area contributed by atoms with E-state index in [2.05, 4.69) is 0 Å². The number of nitro benzene ring substituents is 1. The van der Waals surface area contributed by atoms with Gasteiger partial charge in [-0.05, 0) is 36.8 Å². The van der Waals surface area contributed by atoms with Crippen LogP contribution in [0.3, 0.4) is 0 Å². The fourth-order valence-corrected chi connectivity index (χ4v) is 2.41. The number of aromatic carboxylic acids is 1. The van der Waals surface area contributed by atoms with Gasteiger partial charge in [-0.25, -0.2) is 4.79 Å². The highest BCUT2D eigenvalue weighted by Crippen LogP contribution is 2.33. The highest BCUT2D eigenvalue weighted by molar-refractivity contribution is 6.30. The van der Waals surface area contributed by atoms with Crippen molar-refractivity contribution in [3.8, 4) is 5.75 Å². The summed E-state index contributed by atoms with van der Waals surface area (Å²) in [6.07, 6.45) is 1.46. The lowest BCUT2D eigenvalue weighted by Gasteiger charge is -2.12. The molecule has 0 aliphatic rings. The Kier molecular flexibility index (Phi) is 6.30. The molecular formula is C18H16ClNO6. The van der Waals surface area contributed by atoms with Gasteiger partial charge in [0, 0.05) is 16.7 Å². The van der Waals surface area contributed by atoms with Crippen LogP contribution in [0.15, 0.2) is 36.4 Å². The van der Waals surface area contributed by atoms with E-state index in [9.17, 15) is 24.8 Å². The Hall–Kier alpha value is -2.93. The molecule has 0 unspecified atom stereocenters. The van der Waals surface area contributed by atoms with Gasteiger partial charge in [0.15, 0.2) is 0 Å². The highest BCUT2D eigenvalue weighted by atomic mass is 35.5. The maximum atomic E-state index is 12.8. The van der Waals surface area contributed by atoms with E-state index in [1.807, 2.05) is 6.92 Å². The molecule has 2 rings (SSSR count). The largest absolute Gasteiger partial charge is 0.493 e. The number of carboxylic acid groups (broad SMARTS) is 1. The quantitative estimate of drug-likeness (QED) is 0.317. The van der Waals surface area contributed by atoms with E-state index < -0.39 is 22.4 Å². The number of ether oxygens (including phenoxy) is 1. The minimum Gasteiger partial charge on any atom is -0.493 e. The predicted molar refractivity (Wildman–Crippen MR) is 95.3 cm³/mol. The first-order valence-corrected chi connectivity index (χ1v) is 8.21. The number of carboxylic acids is 1. The molecule has 8 heteroatoms. The van der Waals surface area contributed by atoms with Crippen LogP contribution in [-0.4, -0.2) is 28.4 Å². The van der Waals surface area contributed by atoms with Crippen molar-refractivity contribution in [2.45, 2.75) is 19.8 Å². The fraction of sp³-hybridized carbons (Fsp3) is 0.222. The molecule has 0 bridgehead atoms. The third-order valence-corrected chi connectivity index (χ3v) is 3.87. The molecule has 0 heterocycles. The molecule has 136 valence electrons. The number of halogens is 1. The number of hydrogen-bond acceptors (Lipinski definition) is 5. The zero-order valence-electron chi connectivity index (χ0n) is 13.9. The third-order valence-electron chi connectivity index (χ3n) is 3.61. The van der Waals surface area contributed by atoms with Gasteiger partial charge in [-0.3, -0.25) is 14.9 Å². The molecule has 0 aromatic heterocycles. The zero-order valence-corrected chi connectivity index (χ0v) is 14.7. The lowest BCUT2D eigenvalue weighted by atomic mass is 9.98. The van der Waals surface area contributed by atoms with Gasteiger partial charge in [0.1, 0.15) is 11.3 Å². The smallest absolute Gasteiger partial charge is 0.336 e. The first kappa shape index (κ1) is 19.4. The number of hydrogen-bond donors (Lipinski definition) is 1. The Balaban J connectivity index is 2.62. The molecule has 0 saturated carbocycles. The van der Waals surface area contributed by atoms with Crippen molar-refractivity contribution in [2.24, 2.45) is 0 Å². The summed E-state index contributed by atoms with van der Waals surface area (Å²) in [5.74, 6) is -2.11. The Morgan fingerprint density at radius 1 is 1.19 bits per heavy atom. The van der Waals surface area contributed by atoms with Gasteiger partial charge in [0.25, 0.3) is 5.69 Å². The van der Waals surface area contributed by atoms with Crippen molar-refractivity contribution in [2.75, 3.05) is 6.61 Å². The zero-order chi connectivity index (χ0) is 19.3. The van der Waals surface area contributed by atoms with E-state index in [0.717, 1.165) is 18.6 Å². The van der Waals surface area contributed by atoms with E-state index in [1.165, 1.54) is 24.3 Å². The number of carbonyl (C=O) groups is 2. The van der Waals surface area contributed by atoms with Gasteiger partial charge < -0.3 is 9.84 Å². The third kappa shape index (κ3) is 4.37. The van der Waals surface area contributed by atoms with E-state index in [4.69, 9.17) is 16.3 Å². The molecule has 0 fully saturated rings. The van der Waals surface area contributed by atoms with Crippen LogP contribution in [-0.2, 0) is 0 Å². The van der Waals surface area contributed by atoms with Crippen molar-refractivity contribution >= 4 is 29.0 Å². The van der Waals surface area contributed by atoms with Crippen LogP contribution in [0.5, 0.6) is 5.75 Å². The second kappa shape index (κ2) is 8.44. The molecule has 2 aromatic rings. The van der Waals surface area contributed by atoms with Crippen LogP contribution in [0.1, 0.15) is 46.0 Å². The number of ketones is 1. The van der Waals surface area contributed by atoms with E-state index in [-0.39, 0.29) is 29.0 Å². The number of carbonyl (C=O) groups excluding carboxylic acids is 1. The Morgan fingerprint density at radius 2 is 1.85 bits per heavy atom. The molecule has 0 saturated heterocycles. The molecule has 0 aliphatic carbocycles. The standard InChI is InChI=1S/C18H16ClNO6/c1-2-3-8-26-15-10-12(18(22)23)9-14(20(24)25)16(15)17(21)11-4-6-13(19)7-5-11/h4-7,9-10H,2-3,8H2,1H3,(H,22,23). The second-order valence-electron chi connectivity index (χ2n) is 5.47. The normalized spacial score (nSPS) is 10.4. The molecule has 2 aromatic carbocycles. The second-order valence-corrected chi connectivity index (χ2v) is 5.91. The number of nitrogens with zero attached hydrogens (tertiary/aromatic N) is 1. The van der Waals surface area contributed by atoms with E-state index >= 15 is 0 Å². The predicted octanol–water partition coefficient (Wildman–Crippen LogP) is 4.36. The molecule has 0 radical (unpaired) electrons. The molecule has 0 spiro atoms. The van der Waals surface area contributed by atoms with Gasteiger partial charge in [0.2, 0.25) is 5.78 Å². The number of benzene rings is 2. The molecular weight excluding hydrogens is 362 g/mol. The first-order chi connectivity index (χ1) is 12.3. The average Bonchev–Trinajstić information content (AvgIpc) is 2.61. The minimum absolute atomic E-state index is 0.120. The lowest BCUT2D eigenvalue weighted by molar-refractivity contribution is -0.385. The minimum atomic E-state index is -1.35. The first-order valence-electron chi connectivity index (χ1n) is 7.84. The van der Waals surface area contributed by atoms with Crippen molar-refractivity contribution < 1.29 is 24.4 Å². The van der Waals surface area contributed by atoms with Crippen LogP contribution in [0.4, 0.5) is 5.69 Å². The van der Waals surface area contributed by atoms with Crippen LogP contribution < -0.4 is 4.74 Å². The molecule has 0 atom stereocenters. The SMILES string of the molecule is CCCCOc1cc(C(=O)O)cc([N+](=O)[O-])c1C(=O)c1ccc(Cl)cc1. The highest BCUT2D eigenvalue weighted by Gasteiger charge is 2.29. The topological polar surface area (TPSA) is 107 Å². The van der Waals surface area contributed by atoms with Gasteiger partial charge >= 0.3 is 5.97 Å². The Bertz CT molecular complexity index is 848. The summed E-state index contributed by atoms with van der Waals surface area (Å²) in [5.41, 5.74) is -1.04. The van der Waals surface area contributed by atoms with Crippen molar-refractivity contribution in [3.63, 3.8) is 0 Å². The molecule has 26 heavy (non-hydrogen) atoms. The summed E-state index contributed by atoms with van der Waals surface area (Å²) in [6, 6.07) is 7.85. The van der Waals surface area contributed by atoms with Gasteiger partial charge in [-0.15, -0.1) is 0 Å². The molecule has 0 amide bonds. The fourth-order valence-electron chi connectivity index (χ4n) is 2.28. The summed E-state index contributed by atoms with van der Waals surface area (Å²) >= 11 is 5.81. The molecule has 7 nitrogen and oxygen atoms in total. The monoisotopic (exact) mass is 377 g/mol. The van der Waals surface area contributed by atoms with Gasteiger partial charge in [-0.1, -0.05) is 24.9 Å². The summed E-state index contributed by atoms with van der Waals surface area (Å²) in [6.45, 7) is 2.14. The van der Waals surface area contributed by atoms with Crippen molar-refractivity contribution in [1.82, 2.24) is 0 Å². The Morgan fingerprint density at radius 3 is 2.38 bits per heavy atom. The molecule has 0 aliphatic heterocycles. The molecule has 1 N–H and O–H groups in total. The van der Waals surface area contributed by atoms with E-state index in [0.29, 0.717) is 11.4 Å². The number of unbranched alkanes of at least 4 members (excludes halogenated alkanes) is 1. The Labute approximate surface area is 154 Å². The number of rotatable bonds is 8. The number of nitro groups is 1. The van der Waals surface area contributed by atoms with Crippen molar-refractivity contribution in [1.29, 1.82) is 0 Å². The average molecular weight is 378 g/mol. The van der Waals surface area contributed by atoms with Crippen LogP contribution in [0, 0.1) is 10.1 Å². The summed E-state index contributed by atoms with van der Waals surface area (Å²) < 4.78 is 5.51. The summed E-state index contributed by atoms with van der Waals surface area (Å²) in [5, 5.41) is 21.1. The van der Waals surface area contributed by atoms with Crippen LogP contribution in [0.25, 0.3) is 0 Å². The van der Waals surface area contributed by atoms with E-state index in [1.54, 1.807) is 0 Å². The van der Waals surface area contributed by atoms with Crippen LogP contribution >= 0.6 is 11.6 Å². The lowest BCUT2D eigenvalue weighted by Crippen LogP contribution is -2.12. The van der Waals surface area contributed by atoms with Gasteiger partial charge in [0.05, 0.1) is 17.1 Å². The summed E-state index contributed by atoms with van der Waals surface area (Å²) in [4.78, 5) is 34.8. The maximum absolute atomic E-state index is 12.8. The van der Waals surface area contributed by atoms with Gasteiger partial charge in [-0.2, -0.15) is 0 Å². The summed E-state index contributed by atoms with van der Waals surface area (Å²) in [7, 11) is 0.